The Hall–Kier alpha value is -3.00. The van der Waals surface area contributed by atoms with Crippen LogP contribution in [0, 0.1) is 12.7 Å². The minimum Gasteiger partial charge on any atom is -0.464 e. The predicted molar refractivity (Wildman–Crippen MR) is 114 cm³/mol. The minimum absolute atomic E-state index is 0.307. The van der Waals surface area contributed by atoms with Crippen molar-refractivity contribution in [2.75, 3.05) is 26.7 Å². The van der Waals surface area contributed by atoms with E-state index >= 15 is 4.39 Å². The van der Waals surface area contributed by atoms with E-state index in [1.54, 1.807) is 12.3 Å². The lowest BCUT2D eigenvalue weighted by Crippen LogP contribution is -2.31. The fourth-order valence-electron chi connectivity index (χ4n) is 4.47. The Morgan fingerprint density at radius 2 is 2.03 bits per heavy atom. The monoisotopic (exact) mass is 408 g/mol. The number of nitrogens with zero attached hydrogens (tertiary/aromatic N) is 5. The van der Waals surface area contributed by atoms with Gasteiger partial charge in [0.1, 0.15) is 17.0 Å². The lowest BCUT2D eigenvalue weighted by Gasteiger charge is -2.30. The Balaban J connectivity index is 1.62. The van der Waals surface area contributed by atoms with Crippen LogP contribution in [0.15, 0.2) is 24.5 Å². The molecule has 3 aromatic heterocycles. The van der Waals surface area contributed by atoms with Crippen LogP contribution in [0.3, 0.4) is 0 Å². The van der Waals surface area contributed by atoms with Gasteiger partial charge >= 0.3 is 6.01 Å². The molecule has 1 saturated heterocycles. The average molecular weight is 408 g/mol. The van der Waals surface area contributed by atoms with Crippen LogP contribution in [-0.2, 0) is 0 Å². The number of hydrogen-bond donors (Lipinski definition) is 1. The summed E-state index contributed by atoms with van der Waals surface area (Å²) in [7, 11) is 2.14. The highest BCUT2D eigenvalue weighted by atomic mass is 19.1. The van der Waals surface area contributed by atoms with Gasteiger partial charge in [-0.1, -0.05) is 0 Å². The zero-order valence-corrected chi connectivity index (χ0v) is 17.4. The Kier molecular flexibility index (Phi) is 4.66. The summed E-state index contributed by atoms with van der Waals surface area (Å²) in [5.41, 5.74) is 3.60. The first-order chi connectivity index (χ1) is 14.5. The molecular formula is C22H25FN6O. The molecule has 0 unspecified atom stereocenters. The lowest BCUT2D eigenvalue weighted by atomic mass is 10.0. The van der Waals surface area contributed by atoms with Gasteiger partial charge in [-0.25, -0.2) is 14.4 Å². The Bertz CT molecular complexity index is 1220. The van der Waals surface area contributed by atoms with E-state index in [4.69, 9.17) is 4.74 Å². The number of likely N-dealkylation sites (tertiary alicyclic amines) is 1. The Morgan fingerprint density at radius 1 is 1.23 bits per heavy atom. The third kappa shape index (κ3) is 3.11. The molecule has 1 aliphatic rings. The number of benzene rings is 1. The van der Waals surface area contributed by atoms with E-state index in [1.165, 1.54) is 0 Å². The van der Waals surface area contributed by atoms with Gasteiger partial charge in [-0.2, -0.15) is 4.98 Å². The molecule has 0 atom stereocenters. The van der Waals surface area contributed by atoms with E-state index in [1.807, 2.05) is 26.1 Å². The molecule has 4 aromatic rings. The molecule has 4 heterocycles. The molecule has 1 aliphatic heterocycles. The molecule has 0 amide bonds. The first-order valence-electron chi connectivity index (χ1n) is 10.4. The standard InChI is InChI=1S/C22H25FN6O/c1-4-30-22-25-12-17-16(11-24-21(17)27-22)14-9-18(23)20-19(10-14)29(13(2)26-20)15-5-7-28(3)8-6-15/h9-12,15H,4-8H2,1-3H3,(H,24,25,27). The second-order valence-corrected chi connectivity index (χ2v) is 7.94. The van der Waals surface area contributed by atoms with Crippen molar-refractivity contribution in [2.45, 2.75) is 32.7 Å². The summed E-state index contributed by atoms with van der Waals surface area (Å²) in [5.74, 6) is 0.553. The van der Waals surface area contributed by atoms with Crippen LogP contribution in [0.1, 0.15) is 31.6 Å². The molecule has 8 heteroatoms. The van der Waals surface area contributed by atoms with Gasteiger partial charge in [0.2, 0.25) is 0 Å². The van der Waals surface area contributed by atoms with Crippen molar-refractivity contribution in [2.24, 2.45) is 0 Å². The number of fused-ring (bicyclic) bond motifs is 2. The molecule has 0 radical (unpaired) electrons. The smallest absolute Gasteiger partial charge is 0.318 e. The van der Waals surface area contributed by atoms with E-state index < -0.39 is 0 Å². The number of imidazole rings is 1. The van der Waals surface area contributed by atoms with Crippen molar-refractivity contribution >= 4 is 22.1 Å². The van der Waals surface area contributed by atoms with Gasteiger partial charge in [0, 0.05) is 29.4 Å². The molecule has 30 heavy (non-hydrogen) atoms. The lowest BCUT2D eigenvalue weighted by molar-refractivity contribution is 0.222. The molecule has 0 saturated carbocycles. The fourth-order valence-corrected chi connectivity index (χ4v) is 4.47. The van der Waals surface area contributed by atoms with Crippen LogP contribution in [0.2, 0.25) is 0 Å². The van der Waals surface area contributed by atoms with Crippen molar-refractivity contribution in [1.29, 1.82) is 0 Å². The second kappa shape index (κ2) is 7.36. The highest BCUT2D eigenvalue weighted by Gasteiger charge is 2.24. The highest BCUT2D eigenvalue weighted by molar-refractivity contribution is 5.95. The molecule has 5 rings (SSSR count). The molecule has 1 fully saturated rings. The number of aromatic nitrogens is 5. The van der Waals surface area contributed by atoms with Crippen LogP contribution in [-0.4, -0.2) is 56.1 Å². The number of ether oxygens (including phenoxy) is 1. The van der Waals surface area contributed by atoms with Crippen molar-refractivity contribution in [3.8, 4) is 17.1 Å². The summed E-state index contributed by atoms with van der Waals surface area (Å²) < 4.78 is 22.7. The molecule has 1 N–H and O–H groups in total. The number of H-pyrrole nitrogens is 1. The Morgan fingerprint density at radius 3 is 2.80 bits per heavy atom. The molecule has 1 aromatic carbocycles. The van der Waals surface area contributed by atoms with E-state index in [-0.39, 0.29) is 5.82 Å². The van der Waals surface area contributed by atoms with Crippen molar-refractivity contribution in [3.05, 3.63) is 36.2 Å². The topological polar surface area (TPSA) is 71.9 Å². The molecule has 7 nitrogen and oxygen atoms in total. The van der Waals surface area contributed by atoms with Crippen LogP contribution in [0.5, 0.6) is 6.01 Å². The van der Waals surface area contributed by atoms with Crippen LogP contribution in [0.25, 0.3) is 33.2 Å². The first kappa shape index (κ1) is 19.0. The van der Waals surface area contributed by atoms with Gasteiger partial charge in [0.05, 0.1) is 12.1 Å². The number of rotatable bonds is 4. The van der Waals surface area contributed by atoms with Gasteiger partial charge in [-0.05, 0) is 64.5 Å². The molecule has 0 spiro atoms. The quantitative estimate of drug-likeness (QED) is 0.551. The number of aryl methyl sites for hydroxylation is 1. The number of halogens is 1. The molecule has 156 valence electrons. The van der Waals surface area contributed by atoms with E-state index in [0.29, 0.717) is 29.8 Å². The summed E-state index contributed by atoms with van der Waals surface area (Å²) in [6.45, 7) is 6.43. The summed E-state index contributed by atoms with van der Waals surface area (Å²) in [6.07, 6.45) is 5.64. The fraction of sp³-hybridized carbons (Fsp3) is 0.409. The van der Waals surface area contributed by atoms with E-state index in [0.717, 1.165) is 53.8 Å². The maximum absolute atomic E-state index is 15.1. The molecule has 0 bridgehead atoms. The zero-order chi connectivity index (χ0) is 20.8. The SMILES string of the molecule is CCOc1ncc2c(-c3cc(F)c4nc(C)n(C5CCN(C)CC5)c4c3)c[nH]c2n1. The average Bonchev–Trinajstić information content (AvgIpc) is 3.29. The maximum Gasteiger partial charge on any atom is 0.318 e. The zero-order valence-electron chi connectivity index (χ0n) is 17.4. The largest absolute Gasteiger partial charge is 0.464 e. The molecular weight excluding hydrogens is 383 g/mol. The molecule has 0 aliphatic carbocycles. The third-order valence-electron chi connectivity index (χ3n) is 5.97. The van der Waals surface area contributed by atoms with E-state index in [2.05, 4.69) is 36.5 Å². The van der Waals surface area contributed by atoms with Gasteiger partial charge in [-0.3, -0.25) is 0 Å². The minimum atomic E-state index is -0.307. The third-order valence-corrected chi connectivity index (χ3v) is 5.97. The number of piperidine rings is 1. The van der Waals surface area contributed by atoms with Crippen molar-refractivity contribution in [3.63, 3.8) is 0 Å². The van der Waals surface area contributed by atoms with Crippen molar-refractivity contribution < 1.29 is 9.13 Å². The summed E-state index contributed by atoms with van der Waals surface area (Å²) in [4.78, 5) is 18.7. The Labute approximate surface area is 173 Å². The number of aromatic amines is 1. The van der Waals surface area contributed by atoms with Gasteiger partial charge in [0.25, 0.3) is 0 Å². The van der Waals surface area contributed by atoms with Gasteiger partial charge in [0.15, 0.2) is 5.82 Å². The predicted octanol–water partition coefficient (Wildman–Crippen LogP) is 4.09. The van der Waals surface area contributed by atoms with Crippen LogP contribution >= 0.6 is 0 Å². The second-order valence-electron chi connectivity index (χ2n) is 7.94. The summed E-state index contributed by atoms with van der Waals surface area (Å²) >= 11 is 0. The van der Waals surface area contributed by atoms with Gasteiger partial charge < -0.3 is 19.2 Å². The maximum atomic E-state index is 15.1. The van der Waals surface area contributed by atoms with Crippen LogP contribution < -0.4 is 4.74 Å². The number of nitrogens with one attached hydrogen (secondary N) is 1. The summed E-state index contributed by atoms with van der Waals surface area (Å²) in [5, 5.41) is 0.833. The van der Waals surface area contributed by atoms with Gasteiger partial charge in [-0.15, -0.1) is 0 Å². The normalized spacial score (nSPS) is 16.0. The summed E-state index contributed by atoms with van der Waals surface area (Å²) in [6, 6.07) is 4.25. The highest BCUT2D eigenvalue weighted by Crippen LogP contribution is 2.35. The first-order valence-corrected chi connectivity index (χ1v) is 10.4. The van der Waals surface area contributed by atoms with E-state index in [9.17, 15) is 0 Å². The van der Waals surface area contributed by atoms with Crippen LogP contribution in [0.4, 0.5) is 4.39 Å². The van der Waals surface area contributed by atoms with Crippen molar-refractivity contribution in [1.82, 2.24) is 29.4 Å². The number of hydrogen-bond acceptors (Lipinski definition) is 5.